The van der Waals surface area contributed by atoms with Gasteiger partial charge in [0.2, 0.25) is 0 Å². The Morgan fingerprint density at radius 3 is 2.68 bits per heavy atom. The van der Waals surface area contributed by atoms with Gasteiger partial charge in [-0.1, -0.05) is 23.7 Å². The number of aromatic nitrogens is 5. The molecule has 0 spiro atoms. The van der Waals surface area contributed by atoms with Gasteiger partial charge in [-0.25, -0.2) is 9.78 Å². The Morgan fingerprint density at radius 1 is 1.08 bits per heavy atom. The van der Waals surface area contributed by atoms with Crippen molar-refractivity contribution in [3.63, 3.8) is 0 Å². The monoisotopic (exact) mass is 514 g/mol. The number of aryl methyl sites for hydroxylation is 1. The summed E-state index contributed by atoms with van der Waals surface area (Å²) in [6.07, 6.45) is 10.6. The van der Waals surface area contributed by atoms with E-state index in [1.54, 1.807) is 29.4 Å². The Labute approximate surface area is 218 Å². The van der Waals surface area contributed by atoms with E-state index in [4.69, 9.17) is 11.6 Å². The van der Waals surface area contributed by atoms with E-state index in [0.717, 1.165) is 47.9 Å². The van der Waals surface area contributed by atoms with Gasteiger partial charge in [-0.3, -0.25) is 18.9 Å². The molecule has 1 aromatic carbocycles. The smallest absolute Gasteiger partial charge is 0.333 e. The van der Waals surface area contributed by atoms with Crippen LogP contribution in [0.4, 0.5) is 0 Å². The lowest BCUT2D eigenvalue weighted by molar-refractivity contribution is 0.0919. The Morgan fingerprint density at radius 2 is 1.86 bits per heavy atom. The molecule has 4 heterocycles. The first-order valence-corrected chi connectivity index (χ1v) is 12.9. The second kappa shape index (κ2) is 9.52. The number of nitrogens with zero attached hydrogens (tertiary/aromatic N) is 5. The highest BCUT2D eigenvalue weighted by Crippen LogP contribution is 2.28. The average molecular weight is 515 g/mol. The molecule has 9 heteroatoms. The van der Waals surface area contributed by atoms with Crippen LogP contribution in [0, 0.1) is 12.8 Å². The van der Waals surface area contributed by atoms with E-state index in [-0.39, 0.29) is 17.6 Å². The summed E-state index contributed by atoms with van der Waals surface area (Å²) in [7, 11) is 0. The van der Waals surface area contributed by atoms with Crippen LogP contribution in [-0.2, 0) is 6.54 Å². The molecule has 188 valence electrons. The molecule has 4 aromatic heterocycles. The first-order chi connectivity index (χ1) is 18.0. The second-order valence-electron chi connectivity index (χ2n) is 9.81. The second-order valence-corrected chi connectivity index (χ2v) is 10.2. The van der Waals surface area contributed by atoms with Crippen LogP contribution < -0.4 is 11.0 Å². The molecule has 1 N–H and O–H groups in total. The summed E-state index contributed by atoms with van der Waals surface area (Å²) in [4.78, 5) is 34.9. The van der Waals surface area contributed by atoms with Crippen molar-refractivity contribution in [1.29, 1.82) is 0 Å². The summed E-state index contributed by atoms with van der Waals surface area (Å²) in [5.41, 5.74) is 4.74. The maximum absolute atomic E-state index is 13.7. The number of pyridine rings is 2. The van der Waals surface area contributed by atoms with E-state index in [2.05, 4.69) is 15.3 Å². The molecule has 1 fully saturated rings. The van der Waals surface area contributed by atoms with Gasteiger partial charge in [0.25, 0.3) is 5.91 Å². The number of nitrogens with one attached hydrogen (secondary N) is 1. The van der Waals surface area contributed by atoms with Gasteiger partial charge < -0.3 is 9.72 Å². The normalized spacial score (nSPS) is 17.9. The van der Waals surface area contributed by atoms with E-state index in [9.17, 15) is 9.59 Å². The third-order valence-electron chi connectivity index (χ3n) is 7.41. The summed E-state index contributed by atoms with van der Waals surface area (Å²) in [5, 5.41) is 3.60. The number of carbonyl (C=O) groups is 1. The largest absolute Gasteiger partial charge is 0.349 e. The molecule has 8 nitrogen and oxygen atoms in total. The zero-order valence-corrected chi connectivity index (χ0v) is 21.2. The van der Waals surface area contributed by atoms with Gasteiger partial charge in [0.15, 0.2) is 0 Å². The van der Waals surface area contributed by atoms with Gasteiger partial charge in [-0.15, -0.1) is 0 Å². The number of hydrogen-bond acceptors (Lipinski definition) is 4. The standard InChI is InChI=1S/C28H27ClN6O2/c1-18-24(12-20(29)13-31-18)27(36)32-21-8-6-19(7-9-21)15-34-25-4-2-3-5-26(25)35(28(34)37)23-11-10-22-14-30-17-33(22)16-23/h2-5,10-14,16-17,19,21H,6-9,15H2,1H3,(H,32,36). The van der Waals surface area contributed by atoms with Gasteiger partial charge >= 0.3 is 5.69 Å². The molecule has 0 saturated heterocycles. The molecule has 0 aliphatic heterocycles. The van der Waals surface area contributed by atoms with Gasteiger partial charge in [0, 0.05) is 25.0 Å². The molecule has 0 bridgehead atoms. The predicted molar refractivity (Wildman–Crippen MR) is 143 cm³/mol. The minimum absolute atomic E-state index is 0.0416. The molecule has 1 aliphatic rings. The van der Waals surface area contributed by atoms with Crippen LogP contribution in [0.3, 0.4) is 0 Å². The van der Waals surface area contributed by atoms with E-state index in [0.29, 0.717) is 28.7 Å². The van der Waals surface area contributed by atoms with Crippen LogP contribution >= 0.6 is 11.6 Å². The van der Waals surface area contributed by atoms with E-state index in [1.807, 2.05) is 58.5 Å². The number of para-hydroxylation sites is 2. The minimum Gasteiger partial charge on any atom is -0.349 e. The van der Waals surface area contributed by atoms with Gasteiger partial charge in [0.05, 0.1) is 51.0 Å². The number of rotatable bonds is 5. The molecular formula is C28H27ClN6O2. The van der Waals surface area contributed by atoms with Crippen LogP contribution in [0.5, 0.6) is 0 Å². The first kappa shape index (κ1) is 23.5. The molecule has 1 amide bonds. The van der Waals surface area contributed by atoms with E-state index in [1.165, 1.54) is 0 Å². The molecule has 0 unspecified atom stereocenters. The van der Waals surface area contributed by atoms with Crippen molar-refractivity contribution in [2.45, 2.75) is 45.2 Å². The molecule has 1 aliphatic carbocycles. The zero-order valence-electron chi connectivity index (χ0n) is 20.5. The lowest BCUT2D eigenvalue weighted by atomic mass is 9.85. The first-order valence-electron chi connectivity index (χ1n) is 12.5. The summed E-state index contributed by atoms with van der Waals surface area (Å²) < 4.78 is 5.60. The number of carbonyl (C=O) groups excluding carboxylic acids is 1. The zero-order chi connectivity index (χ0) is 25.5. The van der Waals surface area contributed by atoms with Crippen LogP contribution in [0.25, 0.3) is 22.2 Å². The lowest BCUT2D eigenvalue weighted by Gasteiger charge is -2.29. The molecule has 1 saturated carbocycles. The third kappa shape index (κ3) is 4.42. The number of imidazole rings is 2. The highest BCUT2D eigenvalue weighted by Gasteiger charge is 2.25. The van der Waals surface area contributed by atoms with Crippen LogP contribution in [0.1, 0.15) is 41.7 Å². The van der Waals surface area contributed by atoms with E-state index >= 15 is 0 Å². The maximum atomic E-state index is 13.7. The van der Waals surface area contributed by atoms with Gasteiger partial charge in [-0.05, 0) is 68.9 Å². The number of fused-ring (bicyclic) bond motifs is 2. The average Bonchev–Trinajstić information content (AvgIpc) is 3.48. The predicted octanol–water partition coefficient (Wildman–Crippen LogP) is 4.79. The summed E-state index contributed by atoms with van der Waals surface area (Å²) >= 11 is 6.04. The molecule has 0 radical (unpaired) electrons. The molecule has 5 aromatic rings. The number of hydrogen-bond donors (Lipinski definition) is 1. The highest BCUT2D eigenvalue weighted by atomic mass is 35.5. The molecule has 0 atom stereocenters. The maximum Gasteiger partial charge on any atom is 0.333 e. The van der Waals surface area contributed by atoms with Gasteiger partial charge in [-0.2, -0.15) is 0 Å². The Balaban J connectivity index is 1.20. The van der Waals surface area contributed by atoms with Crippen molar-refractivity contribution in [3.8, 4) is 5.69 Å². The quantitative estimate of drug-likeness (QED) is 0.365. The fraction of sp³-hybridized carbons (Fsp3) is 0.286. The fourth-order valence-corrected chi connectivity index (χ4v) is 5.58. The van der Waals surface area contributed by atoms with Crippen LogP contribution in [0.15, 0.2) is 72.2 Å². The molecule has 6 rings (SSSR count). The Bertz CT molecular complexity index is 1680. The van der Waals surface area contributed by atoms with Crippen LogP contribution in [-0.4, -0.2) is 35.5 Å². The summed E-state index contributed by atoms with van der Waals surface area (Å²) in [6, 6.07) is 13.6. The van der Waals surface area contributed by atoms with Crippen molar-refractivity contribution in [2.24, 2.45) is 5.92 Å². The summed E-state index contributed by atoms with van der Waals surface area (Å²) in [6.45, 7) is 2.46. The number of benzene rings is 1. The summed E-state index contributed by atoms with van der Waals surface area (Å²) in [5.74, 6) is 0.223. The third-order valence-corrected chi connectivity index (χ3v) is 7.61. The van der Waals surface area contributed by atoms with Crippen LogP contribution in [0.2, 0.25) is 5.02 Å². The molecule has 37 heavy (non-hydrogen) atoms. The minimum atomic E-state index is -0.134. The molecular weight excluding hydrogens is 488 g/mol. The highest BCUT2D eigenvalue weighted by molar-refractivity contribution is 6.30. The number of halogens is 1. The Kier molecular flexibility index (Phi) is 6.04. The van der Waals surface area contributed by atoms with Crippen molar-refractivity contribution in [3.05, 3.63) is 94.1 Å². The lowest BCUT2D eigenvalue weighted by Crippen LogP contribution is -2.39. The van der Waals surface area contributed by atoms with Crippen molar-refractivity contribution in [2.75, 3.05) is 0 Å². The van der Waals surface area contributed by atoms with E-state index < -0.39 is 0 Å². The number of amides is 1. The van der Waals surface area contributed by atoms with Crippen molar-refractivity contribution >= 4 is 34.1 Å². The van der Waals surface area contributed by atoms with Gasteiger partial charge in [0.1, 0.15) is 0 Å². The Hall–Kier alpha value is -3.91. The topological polar surface area (TPSA) is 86.2 Å². The fourth-order valence-electron chi connectivity index (χ4n) is 5.42. The SMILES string of the molecule is Cc1ncc(Cl)cc1C(=O)NC1CCC(Cn2c(=O)n(-c3ccc4cncn4c3)c3ccccc32)CC1. The van der Waals surface area contributed by atoms with Crippen molar-refractivity contribution < 1.29 is 4.79 Å². The van der Waals surface area contributed by atoms with Crippen molar-refractivity contribution in [1.82, 2.24) is 28.8 Å².